The molecule has 0 aliphatic carbocycles. The van der Waals surface area contributed by atoms with Gasteiger partial charge in [-0.25, -0.2) is 4.98 Å². The predicted octanol–water partition coefficient (Wildman–Crippen LogP) is 3.77. The fraction of sp³-hybridized carbons (Fsp3) is 0.375. The van der Waals surface area contributed by atoms with Gasteiger partial charge in [0.1, 0.15) is 5.82 Å². The predicted molar refractivity (Wildman–Crippen MR) is 103 cm³/mol. The van der Waals surface area contributed by atoms with Crippen LogP contribution in [0.2, 0.25) is 10.0 Å². The lowest BCUT2D eigenvalue weighted by atomic mass is 9.91. The van der Waals surface area contributed by atoms with E-state index in [2.05, 4.69) is 21.8 Å². The zero-order valence-corrected chi connectivity index (χ0v) is 15.6. The summed E-state index contributed by atoms with van der Waals surface area (Å²) in [7, 11) is 0. The second-order valence-electron chi connectivity index (χ2n) is 6.21. The van der Waals surface area contributed by atoms with Crippen LogP contribution in [0, 0.1) is 0 Å². The minimum atomic E-state index is -0.115. The number of aromatic nitrogens is 2. The molecule has 24 heavy (non-hydrogen) atoms. The van der Waals surface area contributed by atoms with Gasteiger partial charge in [0.05, 0.1) is 10.0 Å². The smallest absolute Gasteiger partial charge is 0.227 e. The van der Waals surface area contributed by atoms with Crippen molar-refractivity contribution in [2.45, 2.75) is 25.3 Å². The Labute approximate surface area is 157 Å². The highest BCUT2D eigenvalue weighted by atomic mass is 35.5. The Balaban J connectivity index is 0.00000208. The first kappa shape index (κ1) is 19.1. The molecular weight excluding hydrogens is 369 g/mol. The summed E-state index contributed by atoms with van der Waals surface area (Å²) in [5.74, 6) is 1.01. The number of halogens is 3. The number of nitrogens with zero attached hydrogens (tertiary/aromatic N) is 3. The van der Waals surface area contributed by atoms with Gasteiger partial charge in [0.25, 0.3) is 0 Å². The lowest BCUT2D eigenvalue weighted by Gasteiger charge is -2.36. The first-order valence-corrected chi connectivity index (χ1v) is 8.24. The Morgan fingerprint density at radius 2 is 1.83 bits per heavy atom. The monoisotopic (exact) mass is 387 g/mol. The van der Waals surface area contributed by atoms with Gasteiger partial charge in [-0.1, -0.05) is 35.3 Å². The van der Waals surface area contributed by atoms with Gasteiger partial charge in [-0.15, -0.1) is 12.4 Å². The summed E-state index contributed by atoms with van der Waals surface area (Å²) in [4.78, 5) is 11.0. The molecule has 1 aliphatic rings. The average molecular weight is 389 g/mol. The van der Waals surface area contributed by atoms with E-state index in [0.717, 1.165) is 31.5 Å². The average Bonchev–Trinajstić information content (AvgIpc) is 2.50. The molecule has 0 atom stereocenters. The fourth-order valence-corrected chi connectivity index (χ4v) is 3.08. The Morgan fingerprint density at radius 3 is 2.46 bits per heavy atom. The third kappa shape index (κ3) is 3.86. The second kappa shape index (κ2) is 7.31. The summed E-state index contributed by atoms with van der Waals surface area (Å²) >= 11 is 12.3. The fourth-order valence-electron chi connectivity index (χ4n) is 2.67. The van der Waals surface area contributed by atoms with Crippen molar-refractivity contribution < 1.29 is 0 Å². The van der Waals surface area contributed by atoms with E-state index < -0.39 is 0 Å². The van der Waals surface area contributed by atoms with Crippen LogP contribution in [0.1, 0.15) is 19.8 Å². The van der Waals surface area contributed by atoms with Crippen LogP contribution in [0.25, 0.3) is 11.1 Å². The minimum Gasteiger partial charge on any atom is -0.383 e. The largest absolute Gasteiger partial charge is 0.383 e. The van der Waals surface area contributed by atoms with Gasteiger partial charge in [-0.3, -0.25) is 0 Å². The van der Waals surface area contributed by atoms with Crippen LogP contribution < -0.4 is 16.4 Å². The van der Waals surface area contributed by atoms with Gasteiger partial charge in [0.15, 0.2) is 0 Å². The molecule has 0 radical (unpaired) electrons. The molecule has 0 unspecified atom stereocenters. The van der Waals surface area contributed by atoms with Crippen molar-refractivity contribution in [3.05, 3.63) is 34.4 Å². The highest BCUT2D eigenvalue weighted by Gasteiger charge is 2.27. The maximum atomic E-state index is 6.25. The van der Waals surface area contributed by atoms with E-state index in [9.17, 15) is 0 Å². The van der Waals surface area contributed by atoms with Crippen LogP contribution in [0.4, 0.5) is 11.8 Å². The molecule has 1 fully saturated rings. The number of nitrogens with two attached hydrogens (primary N) is 2. The van der Waals surface area contributed by atoms with Crippen molar-refractivity contribution in [3.8, 4) is 11.1 Å². The lowest BCUT2D eigenvalue weighted by molar-refractivity contribution is 0.362. The molecule has 2 heterocycles. The number of piperidine rings is 1. The SMILES string of the molecule is CC1(N)CCN(c2ncc(-c3cccc(Cl)c3Cl)c(N)n2)CC1.Cl. The molecule has 0 amide bonds. The molecule has 4 N–H and O–H groups in total. The molecule has 1 aromatic carbocycles. The second-order valence-corrected chi connectivity index (χ2v) is 7.00. The third-order valence-electron chi connectivity index (χ3n) is 4.24. The van der Waals surface area contributed by atoms with E-state index in [4.69, 9.17) is 34.7 Å². The topological polar surface area (TPSA) is 81.1 Å². The molecule has 0 saturated carbocycles. The molecule has 5 nitrogen and oxygen atoms in total. The van der Waals surface area contributed by atoms with E-state index in [-0.39, 0.29) is 17.9 Å². The van der Waals surface area contributed by atoms with Crippen LogP contribution in [0.3, 0.4) is 0 Å². The molecular formula is C16H20Cl3N5. The minimum absolute atomic E-state index is 0. The number of nitrogen functional groups attached to an aromatic ring is 1. The molecule has 1 aromatic heterocycles. The lowest BCUT2D eigenvalue weighted by Crippen LogP contribution is -2.48. The highest BCUT2D eigenvalue weighted by Crippen LogP contribution is 2.36. The summed E-state index contributed by atoms with van der Waals surface area (Å²) in [6, 6.07) is 5.41. The van der Waals surface area contributed by atoms with E-state index >= 15 is 0 Å². The Hall–Kier alpha value is -1.27. The standard InChI is InChI=1S/C16H19Cl2N5.ClH/c1-16(20)5-7-23(8-6-16)15-21-9-11(14(19)22-15)10-3-2-4-12(17)13(10)18;/h2-4,9H,5-8,20H2,1H3,(H2,19,21,22);1H. The zero-order valence-electron chi connectivity index (χ0n) is 13.3. The number of anilines is 2. The first-order chi connectivity index (χ1) is 10.9. The number of hydrogen-bond donors (Lipinski definition) is 2. The van der Waals surface area contributed by atoms with Crippen molar-refractivity contribution in [1.82, 2.24) is 9.97 Å². The van der Waals surface area contributed by atoms with Gasteiger partial charge in [-0.05, 0) is 25.8 Å². The van der Waals surface area contributed by atoms with Gasteiger partial charge < -0.3 is 16.4 Å². The third-order valence-corrected chi connectivity index (χ3v) is 5.05. The van der Waals surface area contributed by atoms with Gasteiger partial charge in [0.2, 0.25) is 5.95 Å². The summed E-state index contributed by atoms with van der Waals surface area (Å²) in [5, 5.41) is 0.931. The molecule has 0 bridgehead atoms. The van der Waals surface area contributed by atoms with E-state index in [0.29, 0.717) is 27.4 Å². The van der Waals surface area contributed by atoms with Crippen molar-refractivity contribution in [2.24, 2.45) is 5.73 Å². The van der Waals surface area contributed by atoms with Crippen molar-refractivity contribution in [3.63, 3.8) is 0 Å². The van der Waals surface area contributed by atoms with Crippen molar-refractivity contribution in [2.75, 3.05) is 23.7 Å². The van der Waals surface area contributed by atoms with Crippen LogP contribution >= 0.6 is 35.6 Å². The highest BCUT2D eigenvalue weighted by molar-refractivity contribution is 6.43. The summed E-state index contributed by atoms with van der Waals surface area (Å²) in [5.41, 5.74) is 13.6. The van der Waals surface area contributed by atoms with Gasteiger partial charge in [0, 0.05) is 36.0 Å². The van der Waals surface area contributed by atoms with E-state index in [1.807, 2.05) is 12.1 Å². The molecule has 3 rings (SSSR count). The summed E-state index contributed by atoms with van der Waals surface area (Å²) in [6.07, 6.45) is 3.50. The van der Waals surface area contributed by atoms with Crippen molar-refractivity contribution in [1.29, 1.82) is 0 Å². The maximum Gasteiger partial charge on any atom is 0.227 e. The van der Waals surface area contributed by atoms with Crippen LogP contribution in [0.5, 0.6) is 0 Å². The molecule has 130 valence electrons. The van der Waals surface area contributed by atoms with Crippen LogP contribution in [-0.4, -0.2) is 28.6 Å². The first-order valence-electron chi connectivity index (χ1n) is 7.48. The molecule has 1 saturated heterocycles. The van der Waals surface area contributed by atoms with Crippen LogP contribution in [-0.2, 0) is 0 Å². The normalized spacial score (nSPS) is 16.6. The summed E-state index contributed by atoms with van der Waals surface area (Å²) in [6.45, 7) is 3.72. The van der Waals surface area contributed by atoms with Crippen molar-refractivity contribution >= 4 is 47.4 Å². The Kier molecular flexibility index (Phi) is 5.81. The maximum absolute atomic E-state index is 6.25. The Bertz CT molecular complexity index is 726. The zero-order chi connectivity index (χ0) is 16.6. The number of benzene rings is 1. The van der Waals surface area contributed by atoms with Crippen LogP contribution in [0.15, 0.2) is 24.4 Å². The summed E-state index contributed by atoms with van der Waals surface area (Å²) < 4.78 is 0. The number of hydrogen-bond acceptors (Lipinski definition) is 5. The van der Waals surface area contributed by atoms with E-state index in [1.165, 1.54) is 0 Å². The molecule has 1 aliphatic heterocycles. The Morgan fingerprint density at radius 1 is 1.17 bits per heavy atom. The van der Waals surface area contributed by atoms with Gasteiger partial charge in [-0.2, -0.15) is 4.98 Å². The molecule has 0 spiro atoms. The molecule has 2 aromatic rings. The van der Waals surface area contributed by atoms with E-state index in [1.54, 1.807) is 12.3 Å². The van der Waals surface area contributed by atoms with Gasteiger partial charge >= 0.3 is 0 Å². The number of rotatable bonds is 2. The molecule has 8 heteroatoms. The quantitative estimate of drug-likeness (QED) is 0.818.